The Hall–Kier alpha value is -2.04. The summed E-state index contributed by atoms with van der Waals surface area (Å²) in [6.45, 7) is 5.46. The molecule has 0 unspecified atom stereocenters. The summed E-state index contributed by atoms with van der Waals surface area (Å²) in [5.41, 5.74) is 1.79. The SMILES string of the molecule is Cc1cc(CC(=O)NCC(=O)O)ccc1OC(C)C. The van der Waals surface area contributed by atoms with Crippen LogP contribution >= 0.6 is 0 Å². The molecule has 1 aromatic rings. The number of carboxylic acid groups (broad SMARTS) is 1. The average Bonchev–Trinajstić information content (AvgIpc) is 2.29. The topological polar surface area (TPSA) is 75.6 Å². The highest BCUT2D eigenvalue weighted by molar-refractivity contribution is 5.82. The number of hydrogen-bond donors (Lipinski definition) is 2. The van der Waals surface area contributed by atoms with Crippen LogP contribution in [-0.2, 0) is 16.0 Å². The highest BCUT2D eigenvalue weighted by Gasteiger charge is 2.08. The summed E-state index contributed by atoms with van der Waals surface area (Å²) >= 11 is 0. The lowest BCUT2D eigenvalue weighted by molar-refractivity contribution is -0.137. The number of carbonyl (C=O) groups is 2. The number of ether oxygens (including phenoxy) is 1. The number of aryl methyl sites for hydroxylation is 1. The third-order valence-electron chi connectivity index (χ3n) is 2.40. The Kier molecular flexibility index (Phi) is 5.36. The smallest absolute Gasteiger partial charge is 0.322 e. The van der Waals surface area contributed by atoms with Gasteiger partial charge in [0.2, 0.25) is 5.91 Å². The van der Waals surface area contributed by atoms with Gasteiger partial charge >= 0.3 is 5.97 Å². The molecule has 0 aliphatic carbocycles. The Bertz CT molecular complexity index is 469. The average molecular weight is 265 g/mol. The maximum atomic E-state index is 11.5. The van der Waals surface area contributed by atoms with E-state index < -0.39 is 5.97 Å². The fourth-order valence-electron chi connectivity index (χ4n) is 1.63. The predicted octanol–water partition coefficient (Wildman–Crippen LogP) is 1.53. The lowest BCUT2D eigenvalue weighted by Gasteiger charge is -2.13. The van der Waals surface area contributed by atoms with Crippen LogP contribution in [-0.4, -0.2) is 29.6 Å². The number of rotatable bonds is 6. The lowest BCUT2D eigenvalue weighted by atomic mass is 10.1. The zero-order valence-corrected chi connectivity index (χ0v) is 11.4. The van der Waals surface area contributed by atoms with Gasteiger partial charge in [-0.1, -0.05) is 12.1 Å². The molecule has 1 amide bonds. The fourth-order valence-corrected chi connectivity index (χ4v) is 1.63. The normalized spacial score (nSPS) is 10.3. The highest BCUT2D eigenvalue weighted by atomic mass is 16.5. The van der Waals surface area contributed by atoms with Gasteiger partial charge in [0.1, 0.15) is 12.3 Å². The molecule has 0 spiro atoms. The molecule has 0 atom stereocenters. The van der Waals surface area contributed by atoms with Gasteiger partial charge in [-0.25, -0.2) is 0 Å². The van der Waals surface area contributed by atoms with Crippen LogP contribution in [0.15, 0.2) is 18.2 Å². The van der Waals surface area contributed by atoms with E-state index in [0.717, 1.165) is 16.9 Å². The molecular formula is C14H19NO4. The Morgan fingerprint density at radius 3 is 2.58 bits per heavy atom. The van der Waals surface area contributed by atoms with Crippen molar-refractivity contribution in [3.63, 3.8) is 0 Å². The molecule has 1 aromatic carbocycles. The molecule has 1 rings (SSSR count). The van der Waals surface area contributed by atoms with Crippen molar-refractivity contribution in [3.05, 3.63) is 29.3 Å². The van der Waals surface area contributed by atoms with Crippen LogP contribution in [0, 0.1) is 6.92 Å². The maximum absolute atomic E-state index is 11.5. The van der Waals surface area contributed by atoms with E-state index in [2.05, 4.69) is 5.32 Å². The molecule has 0 heterocycles. The first-order valence-corrected chi connectivity index (χ1v) is 6.13. The molecule has 5 heteroatoms. The minimum atomic E-state index is -1.05. The van der Waals surface area contributed by atoms with Crippen molar-refractivity contribution in [1.82, 2.24) is 5.32 Å². The summed E-state index contributed by atoms with van der Waals surface area (Å²) < 4.78 is 5.61. The largest absolute Gasteiger partial charge is 0.491 e. The number of carbonyl (C=O) groups excluding carboxylic acids is 1. The van der Waals surface area contributed by atoms with Gasteiger partial charge < -0.3 is 15.2 Å². The Balaban J connectivity index is 2.63. The van der Waals surface area contributed by atoms with Crippen molar-refractivity contribution in [2.75, 3.05) is 6.54 Å². The van der Waals surface area contributed by atoms with E-state index in [1.807, 2.05) is 39.0 Å². The lowest BCUT2D eigenvalue weighted by Crippen LogP contribution is -2.30. The molecular weight excluding hydrogens is 246 g/mol. The zero-order chi connectivity index (χ0) is 14.4. The number of benzene rings is 1. The third-order valence-corrected chi connectivity index (χ3v) is 2.40. The van der Waals surface area contributed by atoms with Gasteiger partial charge in [-0.15, -0.1) is 0 Å². The zero-order valence-electron chi connectivity index (χ0n) is 11.4. The molecule has 104 valence electrons. The van der Waals surface area contributed by atoms with Crippen LogP contribution < -0.4 is 10.1 Å². The highest BCUT2D eigenvalue weighted by Crippen LogP contribution is 2.20. The summed E-state index contributed by atoms with van der Waals surface area (Å²) in [6.07, 6.45) is 0.263. The van der Waals surface area contributed by atoms with Gasteiger partial charge in [0.25, 0.3) is 0 Å². The maximum Gasteiger partial charge on any atom is 0.322 e. The number of hydrogen-bond acceptors (Lipinski definition) is 3. The first-order valence-electron chi connectivity index (χ1n) is 6.13. The number of carboxylic acids is 1. The van der Waals surface area contributed by atoms with Crippen LogP contribution in [0.5, 0.6) is 5.75 Å². The number of aliphatic carboxylic acids is 1. The Morgan fingerprint density at radius 2 is 2.05 bits per heavy atom. The van der Waals surface area contributed by atoms with Crippen molar-refractivity contribution >= 4 is 11.9 Å². The molecule has 0 radical (unpaired) electrons. The van der Waals surface area contributed by atoms with Gasteiger partial charge in [-0.05, 0) is 38.0 Å². The molecule has 0 fully saturated rings. The monoisotopic (exact) mass is 265 g/mol. The van der Waals surface area contributed by atoms with Crippen LogP contribution in [0.2, 0.25) is 0 Å². The van der Waals surface area contributed by atoms with Crippen LogP contribution in [0.4, 0.5) is 0 Å². The van der Waals surface area contributed by atoms with Crippen molar-refractivity contribution in [3.8, 4) is 5.75 Å². The first kappa shape index (κ1) is 15.0. The number of amides is 1. The third kappa shape index (κ3) is 5.42. The second kappa shape index (κ2) is 6.78. The van der Waals surface area contributed by atoms with E-state index in [1.54, 1.807) is 0 Å². The molecule has 2 N–H and O–H groups in total. The quantitative estimate of drug-likeness (QED) is 0.817. The van der Waals surface area contributed by atoms with E-state index in [0.29, 0.717) is 0 Å². The standard InChI is InChI=1S/C14H19NO4/c1-9(2)19-12-5-4-11(6-10(12)3)7-13(16)15-8-14(17)18/h4-6,9H,7-8H2,1-3H3,(H,15,16)(H,17,18). The van der Waals surface area contributed by atoms with Gasteiger partial charge in [0.15, 0.2) is 0 Å². The van der Waals surface area contributed by atoms with Crippen molar-refractivity contribution in [2.24, 2.45) is 0 Å². The summed E-state index contributed by atoms with van der Waals surface area (Å²) in [4.78, 5) is 21.8. The molecule has 0 aliphatic heterocycles. The first-order chi connectivity index (χ1) is 8.88. The van der Waals surface area contributed by atoms with Gasteiger partial charge in [-0.2, -0.15) is 0 Å². The van der Waals surface area contributed by atoms with Crippen molar-refractivity contribution in [2.45, 2.75) is 33.3 Å². The van der Waals surface area contributed by atoms with E-state index in [4.69, 9.17) is 9.84 Å². The minimum Gasteiger partial charge on any atom is -0.491 e. The summed E-state index contributed by atoms with van der Waals surface area (Å²) in [5, 5.41) is 10.8. The minimum absolute atomic E-state index is 0.100. The summed E-state index contributed by atoms with van der Waals surface area (Å²) in [7, 11) is 0. The van der Waals surface area contributed by atoms with Gasteiger partial charge in [-0.3, -0.25) is 9.59 Å². The second-order valence-electron chi connectivity index (χ2n) is 4.61. The van der Waals surface area contributed by atoms with Crippen LogP contribution in [0.3, 0.4) is 0 Å². The molecule has 0 bridgehead atoms. The van der Waals surface area contributed by atoms with Gasteiger partial charge in [0.05, 0.1) is 12.5 Å². The second-order valence-corrected chi connectivity index (χ2v) is 4.61. The molecule has 0 saturated carbocycles. The van der Waals surface area contributed by atoms with Gasteiger partial charge in [0, 0.05) is 0 Å². The van der Waals surface area contributed by atoms with E-state index >= 15 is 0 Å². The molecule has 19 heavy (non-hydrogen) atoms. The summed E-state index contributed by atoms with van der Waals surface area (Å²) in [6, 6.07) is 5.51. The molecule has 0 aliphatic rings. The predicted molar refractivity (Wildman–Crippen MR) is 71.3 cm³/mol. The number of nitrogens with one attached hydrogen (secondary N) is 1. The Morgan fingerprint density at radius 1 is 1.37 bits per heavy atom. The van der Waals surface area contributed by atoms with E-state index in [9.17, 15) is 9.59 Å². The van der Waals surface area contributed by atoms with Crippen molar-refractivity contribution in [1.29, 1.82) is 0 Å². The van der Waals surface area contributed by atoms with Crippen molar-refractivity contribution < 1.29 is 19.4 Å². The molecule has 0 aromatic heterocycles. The summed E-state index contributed by atoms with van der Waals surface area (Å²) in [5.74, 6) is -0.561. The Labute approximate surface area is 112 Å². The molecule has 5 nitrogen and oxygen atoms in total. The van der Waals surface area contributed by atoms with E-state index in [-0.39, 0.29) is 25.0 Å². The fraction of sp³-hybridized carbons (Fsp3) is 0.429. The van der Waals surface area contributed by atoms with Crippen LogP contribution in [0.25, 0.3) is 0 Å². The van der Waals surface area contributed by atoms with E-state index in [1.165, 1.54) is 0 Å². The molecule has 0 saturated heterocycles. The van der Waals surface area contributed by atoms with Crippen LogP contribution in [0.1, 0.15) is 25.0 Å².